The Balaban J connectivity index is 0.000000149. The third-order valence-corrected chi connectivity index (χ3v) is 38.3. The second-order valence-electron chi connectivity index (χ2n) is 51.3. The molecule has 0 aromatic carbocycles. The minimum Gasteiger partial charge on any atom is -0.465 e. The first-order valence-corrected chi connectivity index (χ1v) is 55.3. The molecule has 8 aliphatic heterocycles. The van der Waals surface area contributed by atoms with Crippen LogP contribution < -0.4 is 0 Å². The van der Waals surface area contributed by atoms with Gasteiger partial charge in [-0.2, -0.15) is 0 Å². The maximum atomic E-state index is 12.4. The fourth-order valence-electron chi connectivity index (χ4n) is 25.8. The number of carbonyl (C=O) groups excluding carboxylic acids is 16. The van der Waals surface area contributed by atoms with Gasteiger partial charge >= 0.3 is 95.5 Å². The predicted molar refractivity (Wildman–Crippen MR) is 529 cm³/mol. The van der Waals surface area contributed by atoms with Gasteiger partial charge in [-0.1, -0.05) is 90.0 Å². The van der Waals surface area contributed by atoms with Gasteiger partial charge in [-0.3, -0.25) is 71.9 Å². The summed E-state index contributed by atoms with van der Waals surface area (Å²) in [6.07, 6.45) is 23.0. The highest BCUT2D eigenvalue weighted by molar-refractivity contribution is 5.85. The second kappa shape index (κ2) is 45.6. The molecule has 12 bridgehead atoms. The van der Waals surface area contributed by atoms with E-state index in [9.17, 15) is 76.7 Å². The summed E-state index contributed by atoms with van der Waals surface area (Å²) in [5.74, 6) is 1.66. The van der Waals surface area contributed by atoms with Crippen LogP contribution in [-0.4, -0.2) is 195 Å². The molecule has 8 heterocycles. The minimum atomic E-state index is -0.751. The Kier molecular flexibility index (Phi) is 36.3. The van der Waals surface area contributed by atoms with Gasteiger partial charge in [0.05, 0.1) is 120 Å². The van der Waals surface area contributed by atoms with Gasteiger partial charge in [0.2, 0.25) is 6.10 Å². The zero-order valence-corrected chi connectivity index (χ0v) is 92.3. The number of fused-ring (bicyclic) bond motifs is 13. The standard InChI is InChI=1S/C17H26O4.3C16H24O4.C15H22O4.C12H18O4.2C11H18O4/c1-6-16(2,3)15(19)21-17(4,5)13-9-7-10-11(8-9)20-14(18)12(10)13;1-4-15(2,3)14(18)20-12-6-11-5-10(12)7-16(11)8-13(17)19-9-16;1-4-15(2,3)14(18)20-12-6-10-5-11(12)16(7-10)8-13(17)19-9-16;1-4-15(2,3)13(17)20-12-8-11-7-10(12)9-16(11)5-6-19-14(16)18;1-4-15(2,3)14(17)18-7-10-8-5-9-11(6-8)19-13(16)12(9)10;1-3-7(2)11(13)15-9-5-4-8-6-10(9)16-12(8)14;1-5-7(2)9(12)15-8-10(13)14-6-11(8,3)4;1-4-8(2)10(13)15-11(3)5-6-14-9(12)7-11/h9-13H,6-8H2,1-5H3;3*10-12H,4-9H2,1-3H3;8-12H,4-7H2,1-3H3;7-10H,3-6H2,1-2H3;7-8H,5-6H2,1-4H3;8H,4-7H2,1-3H3. The van der Waals surface area contributed by atoms with Gasteiger partial charge in [0, 0.05) is 58.7 Å². The Morgan fingerprint density at radius 2 is 0.877 bits per heavy atom. The summed E-state index contributed by atoms with van der Waals surface area (Å²) in [6, 6.07) is 0. The number of hydrogen-bond acceptors (Lipinski definition) is 32. The van der Waals surface area contributed by atoms with Crippen LogP contribution in [0.15, 0.2) is 0 Å². The Labute approximate surface area is 864 Å². The highest BCUT2D eigenvalue weighted by atomic mass is 16.6. The number of rotatable bonds is 26. The maximum Gasteiger partial charge on any atom is 0.348 e. The summed E-state index contributed by atoms with van der Waals surface area (Å²) in [6.45, 7) is 52.6. The monoisotopic (exact) mass is 2060 g/mol. The first kappa shape index (κ1) is 116. The molecule has 30 atom stereocenters. The molecule has 0 N–H and O–H groups in total. The summed E-state index contributed by atoms with van der Waals surface area (Å²) in [5.41, 5.74) is -4.06. The van der Waals surface area contributed by atoms with E-state index in [1.165, 1.54) is 0 Å². The van der Waals surface area contributed by atoms with Crippen molar-refractivity contribution in [2.45, 2.75) is 426 Å². The molecule has 3 spiro atoms. The van der Waals surface area contributed by atoms with E-state index in [1.807, 2.05) is 166 Å². The molecule has 11 aliphatic carbocycles. The first-order chi connectivity index (χ1) is 68.2. The quantitative estimate of drug-likeness (QED) is 0.0573. The smallest absolute Gasteiger partial charge is 0.348 e. The van der Waals surface area contributed by atoms with Gasteiger partial charge in [0.25, 0.3) is 0 Å². The van der Waals surface area contributed by atoms with Crippen molar-refractivity contribution in [1.82, 2.24) is 0 Å². The van der Waals surface area contributed by atoms with Gasteiger partial charge in [0.1, 0.15) is 60.5 Å². The van der Waals surface area contributed by atoms with Crippen molar-refractivity contribution in [3.8, 4) is 0 Å². The summed E-state index contributed by atoms with van der Waals surface area (Å²) >= 11 is 0. The Hall–Kier alpha value is -8.48. The largest absolute Gasteiger partial charge is 0.465 e. The summed E-state index contributed by atoms with van der Waals surface area (Å²) in [5, 5.41) is 0. The van der Waals surface area contributed by atoms with Crippen LogP contribution in [0.1, 0.15) is 366 Å². The van der Waals surface area contributed by atoms with Crippen LogP contribution >= 0.6 is 0 Å². The molecule has 822 valence electrons. The van der Waals surface area contributed by atoms with E-state index < -0.39 is 55.8 Å². The van der Waals surface area contributed by atoms with Crippen molar-refractivity contribution in [2.75, 3.05) is 39.6 Å². The average molecular weight is 2060 g/mol. The van der Waals surface area contributed by atoms with Crippen LogP contribution in [0.25, 0.3) is 0 Å². The molecule has 32 nitrogen and oxygen atoms in total. The molecule has 8 saturated heterocycles. The first-order valence-electron chi connectivity index (χ1n) is 55.3. The van der Waals surface area contributed by atoms with E-state index in [1.54, 1.807) is 13.8 Å². The molecule has 11 saturated carbocycles. The number of carbonyl (C=O) groups is 16. The molecule has 30 unspecified atom stereocenters. The van der Waals surface area contributed by atoms with Crippen LogP contribution in [0.2, 0.25) is 0 Å². The lowest BCUT2D eigenvalue weighted by molar-refractivity contribution is -0.179. The Morgan fingerprint density at radius 1 is 0.397 bits per heavy atom. The lowest BCUT2D eigenvalue weighted by Gasteiger charge is -2.40. The summed E-state index contributed by atoms with van der Waals surface area (Å²) in [7, 11) is 0. The highest BCUT2D eigenvalue weighted by Crippen LogP contribution is 2.66. The zero-order chi connectivity index (χ0) is 108. The van der Waals surface area contributed by atoms with Crippen LogP contribution in [0.5, 0.6) is 0 Å². The number of ether oxygens (including phenoxy) is 16. The van der Waals surface area contributed by atoms with E-state index in [4.69, 9.17) is 75.8 Å². The van der Waals surface area contributed by atoms with Crippen molar-refractivity contribution in [2.24, 2.45) is 155 Å². The molecule has 146 heavy (non-hydrogen) atoms. The van der Waals surface area contributed by atoms with Crippen LogP contribution in [0.3, 0.4) is 0 Å². The molecule has 19 rings (SSSR count). The minimum absolute atomic E-state index is 0.0105. The molecule has 0 radical (unpaired) electrons. The zero-order valence-electron chi connectivity index (χ0n) is 92.3. The number of esters is 16. The fourth-order valence-corrected chi connectivity index (χ4v) is 25.8. The van der Waals surface area contributed by atoms with E-state index in [0.717, 1.165) is 154 Å². The van der Waals surface area contributed by atoms with Crippen molar-refractivity contribution in [1.29, 1.82) is 0 Å². The molecule has 0 amide bonds. The SMILES string of the molecule is CCC(C)(C)C(=O)OC(C)(C)C1C2CC3OC(=O)C1C3C2.CCC(C)(C)C(=O)OC1CC2CC1C1(COC(=O)C1)C2.CCC(C)(C)C(=O)OC1CC2CC1CC21CCOC1=O.CCC(C)(C)C(=O)OC1CC2CC1CC21COC(=O)C1.CCC(C)(C)C(=O)OCC1C2CC3OC(=O)C1C3C2.CCC(C)C(=O)OC1(C)CCOC(=O)C1.CCC(C)C(=O)OC1C(=O)OCC1(C)C.CCC(C)C(=O)OC1CCC2CC1OC2=O. The van der Waals surface area contributed by atoms with E-state index in [2.05, 4.69) is 0 Å². The molecular formula is C114H174O32. The molecule has 32 heteroatoms. The molecule has 0 aromatic rings. The summed E-state index contributed by atoms with van der Waals surface area (Å²) in [4.78, 5) is 188. The van der Waals surface area contributed by atoms with Crippen LogP contribution in [0.4, 0.5) is 0 Å². The normalized spacial score (nSPS) is 36.1. The predicted octanol–water partition coefficient (Wildman–Crippen LogP) is 18.1. The maximum absolute atomic E-state index is 12.4. The fraction of sp³-hybridized carbons (Fsp3) is 0.860. The third-order valence-electron chi connectivity index (χ3n) is 38.3. The van der Waals surface area contributed by atoms with Crippen molar-refractivity contribution in [3.63, 3.8) is 0 Å². The Bertz CT molecular complexity index is 4780. The molecule has 19 fully saturated rings. The topological polar surface area (TPSA) is 421 Å². The van der Waals surface area contributed by atoms with Crippen LogP contribution in [0, 0.1) is 155 Å². The average Bonchev–Trinajstić information content (AvgIpc) is 1.51. The lowest BCUT2D eigenvalue weighted by atomic mass is 9.71. The van der Waals surface area contributed by atoms with Gasteiger partial charge in [-0.05, 0) is 286 Å². The van der Waals surface area contributed by atoms with Crippen molar-refractivity contribution < 1.29 is 153 Å². The van der Waals surface area contributed by atoms with Crippen LogP contribution in [-0.2, 0) is 153 Å². The van der Waals surface area contributed by atoms with Gasteiger partial charge in [0.15, 0.2) is 0 Å². The number of hydrogen-bond donors (Lipinski definition) is 0. The Morgan fingerprint density at radius 3 is 1.37 bits per heavy atom. The summed E-state index contributed by atoms with van der Waals surface area (Å²) < 4.78 is 86.0. The van der Waals surface area contributed by atoms with E-state index in [-0.39, 0.29) is 202 Å². The van der Waals surface area contributed by atoms with Crippen molar-refractivity contribution in [3.05, 3.63) is 0 Å². The highest BCUT2D eigenvalue weighted by Gasteiger charge is 2.69. The lowest BCUT2D eigenvalue weighted by Crippen LogP contribution is -2.46. The van der Waals surface area contributed by atoms with Crippen molar-refractivity contribution >= 4 is 95.5 Å². The third kappa shape index (κ3) is 25.1. The number of cyclic esters (lactones) is 5. The second-order valence-corrected chi connectivity index (χ2v) is 51.3. The van der Waals surface area contributed by atoms with E-state index in [0.29, 0.717) is 125 Å². The van der Waals surface area contributed by atoms with Gasteiger partial charge in [-0.25, -0.2) is 4.79 Å². The molecule has 0 aromatic heterocycles. The van der Waals surface area contributed by atoms with Gasteiger partial charge in [-0.15, -0.1) is 0 Å². The van der Waals surface area contributed by atoms with E-state index >= 15 is 0 Å². The molecule has 19 aliphatic rings. The van der Waals surface area contributed by atoms with Gasteiger partial charge < -0.3 is 75.8 Å². The molecular weight excluding hydrogens is 1880 g/mol.